The molecule has 212 valence electrons. The number of ketones is 1. The van der Waals surface area contributed by atoms with Crippen LogP contribution >= 0.6 is 0 Å². The lowest BCUT2D eigenvalue weighted by atomic mass is 9.97. The van der Waals surface area contributed by atoms with Crippen LogP contribution in [0.2, 0.25) is 0 Å². The Hall–Kier alpha value is -4.47. The summed E-state index contributed by atoms with van der Waals surface area (Å²) in [5.74, 6) is -1.77. The van der Waals surface area contributed by atoms with Crippen LogP contribution in [0, 0.1) is 10.8 Å². The van der Waals surface area contributed by atoms with E-state index in [1.165, 1.54) is 13.0 Å². The van der Waals surface area contributed by atoms with Crippen molar-refractivity contribution in [3.63, 3.8) is 0 Å². The Morgan fingerprint density at radius 3 is 1.90 bits per heavy atom. The Bertz CT molecular complexity index is 1390. The second kappa shape index (κ2) is 11.3. The zero-order valence-corrected chi connectivity index (χ0v) is 24.1. The molecule has 0 bridgehead atoms. The number of hydrogen-bond acceptors (Lipinski definition) is 7. The van der Waals surface area contributed by atoms with Crippen molar-refractivity contribution in [3.05, 3.63) is 59.4 Å². The van der Waals surface area contributed by atoms with Gasteiger partial charge in [-0.3, -0.25) is 14.4 Å². The van der Waals surface area contributed by atoms with Crippen LogP contribution in [0.5, 0.6) is 0 Å². The quantitative estimate of drug-likeness (QED) is 0.193. The number of amides is 3. The summed E-state index contributed by atoms with van der Waals surface area (Å²) in [5, 5.41) is 6.23. The molecule has 2 aromatic rings. The molecule has 0 aromatic heterocycles. The number of anilines is 3. The lowest BCUT2D eigenvalue weighted by Gasteiger charge is -2.22. The first kappa shape index (κ1) is 30.1. The first-order valence-corrected chi connectivity index (χ1v) is 12.9. The number of carbonyl (C=O) groups is 5. The molecule has 0 unspecified atom stereocenters. The van der Waals surface area contributed by atoms with Gasteiger partial charge < -0.3 is 20.2 Å². The highest BCUT2D eigenvalue weighted by atomic mass is 16.7. The number of rotatable bonds is 6. The molecular weight excluding hydrogens is 514 g/mol. The molecule has 10 nitrogen and oxygen atoms in total. The number of Topliss-reactive ketones (excluding diaryl/α,β-unsaturated/α-hetero) is 1. The molecule has 0 saturated heterocycles. The number of esters is 1. The van der Waals surface area contributed by atoms with Crippen molar-refractivity contribution in [1.29, 1.82) is 0 Å². The number of urea groups is 1. The normalized spacial score (nSPS) is 14.3. The third-order valence-electron chi connectivity index (χ3n) is 5.91. The molecule has 40 heavy (non-hydrogen) atoms. The zero-order chi connectivity index (χ0) is 30.0. The maximum Gasteiger partial charge on any atom is 0.338 e. The number of nitrogens with one attached hydrogen (secondary N) is 2. The van der Waals surface area contributed by atoms with Gasteiger partial charge in [0.25, 0.3) is 5.91 Å². The van der Waals surface area contributed by atoms with E-state index in [9.17, 15) is 24.0 Å². The Balaban J connectivity index is 1.97. The van der Waals surface area contributed by atoms with Crippen LogP contribution in [0.4, 0.5) is 21.9 Å². The van der Waals surface area contributed by atoms with Crippen LogP contribution in [0.15, 0.2) is 48.2 Å². The molecular formula is C30H35N3O7. The summed E-state index contributed by atoms with van der Waals surface area (Å²) in [6.45, 7) is 13.3. The number of ether oxygens (including phenoxy) is 1. The molecule has 0 saturated carbocycles. The summed E-state index contributed by atoms with van der Waals surface area (Å²) in [6, 6.07) is 10.5. The van der Waals surface area contributed by atoms with Crippen LogP contribution in [0.25, 0.3) is 5.57 Å². The minimum atomic E-state index is -0.910. The molecule has 10 heteroatoms. The Kier molecular flexibility index (Phi) is 8.52. The maximum atomic E-state index is 13.6. The van der Waals surface area contributed by atoms with E-state index in [0.717, 1.165) is 5.06 Å². The second-order valence-corrected chi connectivity index (χ2v) is 11.5. The molecule has 1 aliphatic heterocycles. The topological polar surface area (TPSA) is 131 Å². The number of carbonyl (C=O) groups excluding carboxylic acids is 5. The number of nitrogens with zero attached hydrogens (tertiary/aromatic N) is 1. The lowest BCUT2D eigenvalue weighted by molar-refractivity contribution is -0.157. The standard InChI is InChI=1S/C30H35N3O7/c1-9-23(39-26(36)29(3,4)5)24-21-15-14-20(16-22(21)33(25(24)35)40-27(37)30(6,7)8)32-28(38)31-19-12-10-18(11-13-19)17(2)34/h10-16H,9H2,1-8H3,(H2,31,32,38)/b24-23-. The predicted molar refractivity (Wildman–Crippen MR) is 151 cm³/mol. The van der Waals surface area contributed by atoms with E-state index in [1.54, 1.807) is 84.9 Å². The number of allylic oxidation sites excluding steroid dienone is 1. The van der Waals surface area contributed by atoms with Gasteiger partial charge in [-0.05, 0) is 90.9 Å². The average Bonchev–Trinajstić information content (AvgIpc) is 3.12. The predicted octanol–water partition coefficient (Wildman–Crippen LogP) is 6.09. The monoisotopic (exact) mass is 549 g/mol. The van der Waals surface area contributed by atoms with Gasteiger partial charge in [-0.1, -0.05) is 6.92 Å². The molecule has 2 aromatic carbocycles. The van der Waals surface area contributed by atoms with E-state index in [4.69, 9.17) is 9.57 Å². The highest BCUT2D eigenvalue weighted by Gasteiger charge is 2.41. The van der Waals surface area contributed by atoms with Crippen molar-refractivity contribution in [3.8, 4) is 0 Å². The summed E-state index contributed by atoms with van der Waals surface area (Å²) in [6.07, 6.45) is 0.230. The van der Waals surface area contributed by atoms with Crippen LogP contribution in [-0.4, -0.2) is 29.7 Å². The summed E-state index contributed by atoms with van der Waals surface area (Å²) >= 11 is 0. The van der Waals surface area contributed by atoms with Crippen molar-refractivity contribution in [1.82, 2.24) is 0 Å². The lowest BCUT2D eigenvalue weighted by Crippen LogP contribution is -2.35. The Morgan fingerprint density at radius 1 is 0.825 bits per heavy atom. The average molecular weight is 550 g/mol. The van der Waals surface area contributed by atoms with Crippen molar-refractivity contribution in [2.45, 2.75) is 61.8 Å². The molecule has 1 aliphatic rings. The van der Waals surface area contributed by atoms with E-state index in [2.05, 4.69) is 10.6 Å². The van der Waals surface area contributed by atoms with Gasteiger partial charge >= 0.3 is 18.0 Å². The van der Waals surface area contributed by atoms with Crippen LogP contribution in [-0.2, 0) is 24.0 Å². The van der Waals surface area contributed by atoms with E-state index < -0.39 is 34.7 Å². The molecule has 3 rings (SSSR count). The van der Waals surface area contributed by atoms with Gasteiger partial charge in [0.2, 0.25) is 0 Å². The van der Waals surface area contributed by atoms with Crippen molar-refractivity contribution >= 4 is 52.3 Å². The minimum absolute atomic E-state index is 0.0896. The summed E-state index contributed by atoms with van der Waals surface area (Å²) in [7, 11) is 0. The Morgan fingerprint density at radius 2 is 1.38 bits per heavy atom. The fourth-order valence-electron chi connectivity index (χ4n) is 3.54. The van der Waals surface area contributed by atoms with Gasteiger partial charge in [0.1, 0.15) is 5.76 Å². The molecule has 0 atom stereocenters. The zero-order valence-electron chi connectivity index (χ0n) is 24.1. The van der Waals surface area contributed by atoms with Crippen LogP contribution in [0.1, 0.15) is 77.7 Å². The highest BCUT2D eigenvalue weighted by Crippen LogP contribution is 2.42. The van der Waals surface area contributed by atoms with Gasteiger partial charge in [0, 0.05) is 28.9 Å². The molecule has 3 amide bonds. The largest absolute Gasteiger partial charge is 0.430 e. The summed E-state index contributed by atoms with van der Waals surface area (Å²) < 4.78 is 5.63. The number of hydroxylamine groups is 1. The van der Waals surface area contributed by atoms with Gasteiger partial charge in [-0.15, -0.1) is 5.06 Å². The smallest absolute Gasteiger partial charge is 0.338 e. The third-order valence-corrected chi connectivity index (χ3v) is 5.91. The fourth-order valence-corrected chi connectivity index (χ4v) is 3.54. The number of benzene rings is 2. The Labute approximate surface area is 233 Å². The van der Waals surface area contributed by atoms with Crippen LogP contribution < -0.4 is 15.7 Å². The maximum absolute atomic E-state index is 13.6. The highest BCUT2D eigenvalue weighted by molar-refractivity contribution is 6.33. The van der Waals surface area contributed by atoms with Crippen molar-refractivity contribution < 1.29 is 33.5 Å². The molecule has 0 radical (unpaired) electrons. The summed E-state index contributed by atoms with van der Waals surface area (Å²) in [5.41, 5.74) is 0.269. The van der Waals surface area contributed by atoms with Crippen molar-refractivity contribution in [2.24, 2.45) is 10.8 Å². The molecule has 2 N–H and O–H groups in total. The van der Waals surface area contributed by atoms with E-state index >= 15 is 0 Å². The molecule has 0 fully saturated rings. The minimum Gasteiger partial charge on any atom is -0.430 e. The second-order valence-electron chi connectivity index (χ2n) is 11.5. The third kappa shape index (κ3) is 6.74. The van der Waals surface area contributed by atoms with Gasteiger partial charge in [-0.25, -0.2) is 9.59 Å². The molecule has 1 heterocycles. The van der Waals surface area contributed by atoms with E-state index in [1.807, 2.05) is 0 Å². The first-order valence-electron chi connectivity index (χ1n) is 12.9. The number of hydrogen-bond donors (Lipinski definition) is 2. The van der Waals surface area contributed by atoms with Crippen molar-refractivity contribution in [2.75, 3.05) is 15.7 Å². The molecule has 0 spiro atoms. The van der Waals surface area contributed by atoms with Gasteiger partial charge in [0.15, 0.2) is 5.78 Å². The number of fused-ring (bicyclic) bond motifs is 1. The SMILES string of the molecule is CC/C(OC(=O)C(C)(C)C)=C1/C(=O)N(OC(=O)C(C)(C)C)c2cc(NC(=O)Nc3ccc(C(C)=O)cc3)ccc21. The van der Waals surface area contributed by atoms with Gasteiger partial charge in [0.05, 0.1) is 22.1 Å². The summed E-state index contributed by atoms with van der Waals surface area (Å²) in [4.78, 5) is 68.6. The molecule has 0 aliphatic carbocycles. The van der Waals surface area contributed by atoms with Gasteiger partial charge in [-0.2, -0.15) is 0 Å². The van der Waals surface area contributed by atoms with Crippen LogP contribution in [0.3, 0.4) is 0 Å². The van der Waals surface area contributed by atoms with E-state index in [0.29, 0.717) is 22.5 Å². The first-order chi connectivity index (χ1) is 18.5. The fraction of sp³-hybridized carbons (Fsp3) is 0.367. The van der Waals surface area contributed by atoms with E-state index in [-0.39, 0.29) is 29.2 Å².